The second-order valence-electron chi connectivity index (χ2n) is 5.85. The molecule has 25 heavy (non-hydrogen) atoms. The highest BCUT2D eigenvalue weighted by atomic mass is 35.5. The van der Waals surface area contributed by atoms with Crippen LogP contribution in [0.25, 0.3) is 0 Å². The molecule has 3 rings (SSSR count). The number of amides is 2. The van der Waals surface area contributed by atoms with Gasteiger partial charge in [0.1, 0.15) is 6.07 Å². The molecule has 0 aliphatic carbocycles. The molecular formula is C19H19ClN4O. The first-order valence-electron chi connectivity index (χ1n) is 8.19. The minimum atomic E-state index is -0.0897. The van der Waals surface area contributed by atoms with E-state index in [9.17, 15) is 10.1 Å². The number of halogens is 1. The summed E-state index contributed by atoms with van der Waals surface area (Å²) in [6, 6.07) is 17.2. The molecule has 1 saturated heterocycles. The maximum atomic E-state index is 12.3. The Bertz CT molecular complexity index is 794. The van der Waals surface area contributed by atoms with E-state index in [0.717, 1.165) is 11.3 Å². The number of piperazine rings is 1. The fraction of sp³-hybridized carbons (Fsp3) is 0.263. The van der Waals surface area contributed by atoms with E-state index < -0.39 is 0 Å². The third-order valence-electron chi connectivity index (χ3n) is 4.32. The highest BCUT2D eigenvalue weighted by Crippen LogP contribution is 2.21. The van der Waals surface area contributed by atoms with Gasteiger partial charge in [-0.25, -0.2) is 4.79 Å². The van der Waals surface area contributed by atoms with Crippen LogP contribution in [0, 0.1) is 11.3 Å². The Morgan fingerprint density at radius 1 is 1.08 bits per heavy atom. The average molecular weight is 355 g/mol. The fourth-order valence-corrected chi connectivity index (χ4v) is 3.12. The lowest BCUT2D eigenvalue weighted by Crippen LogP contribution is -2.51. The maximum Gasteiger partial charge on any atom is 0.317 e. The van der Waals surface area contributed by atoms with Crippen molar-refractivity contribution < 1.29 is 4.79 Å². The molecule has 0 unspecified atom stereocenters. The number of para-hydroxylation sites is 1. The van der Waals surface area contributed by atoms with Crippen LogP contribution < -0.4 is 10.2 Å². The minimum absolute atomic E-state index is 0.0897. The molecule has 1 heterocycles. The van der Waals surface area contributed by atoms with Crippen molar-refractivity contribution in [1.29, 1.82) is 5.26 Å². The van der Waals surface area contributed by atoms with Gasteiger partial charge in [0.05, 0.1) is 11.3 Å². The monoisotopic (exact) mass is 354 g/mol. The van der Waals surface area contributed by atoms with Crippen LogP contribution in [0.4, 0.5) is 10.5 Å². The summed E-state index contributed by atoms with van der Waals surface area (Å²) in [5.41, 5.74) is 2.50. The lowest BCUT2D eigenvalue weighted by atomic mass is 10.1. The number of carbonyl (C=O) groups is 1. The smallest absolute Gasteiger partial charge is 0.317 e. The van der Waals surface area contributed by atoms with E-state index in [-0.39, 0.29) is 6.03 Å². The van der Waals surface area contributed by atoms with Gasteiger partial charge in [-0.05, 0) is 23.8 Å². The first-order chi connectivity index (χ1) is 12.2. The molecule has 1 aliphatic rings. The number of benzene rings is 2. The predicted octanol–water partition coefficient (Wildman–Crippen LogP) is 3.24. The van der Waals surface area contributed by atoms with Crippen LogP contribution in [0.15, 0.2) is 48.5 Å². The standard InChI is InChI=1S/C19H19ClN4O/c20-17-7-3-1-6-16(17)14-22-19(25)24-11-9-23(10-12-24)18-8-4-2-5-15(18)13-21/h1-8H,9-12,14H2,(H,22,25). The Morgan fingerprint density at radius 2 is 1.76 bits per heavy atom. The van der Waals surface area contributed by atoms with Crippen LogP contribution in [0.2, 0.25) is 5.02 Å². The van der Waals surface area contributed by atoms with Crippen LogP contribution in [0.1, 0.15) is 11.1 Å². The molecule has 2 amide bonds. The van der Waals surface area contributed by atoms with Gasteiger partial charge in [0, 0.05) is 37.7 Å². The lowest BCUT2D eigenvalue weighted by Gasteiger charge is -2.36. The van der Waals surface area contributed by atoms with E-state index in [4.69, 9.17) is 11.6 Å². The maximum absolute atomic E-state index is 12.3. The first-order valence-corrected chi connectivity index (χ1v) is 8.57. The number of nitrogens with one attached hydrogen (secondary N) is 1. The van der Waals surface area contributed by atoms with Crippen LogP contribution >= 0.6 is 11.6 Å². The second-order valence-corrected chi connectivity index (χ2v) is 6.26. The predicted molar refractivity (Wildman–Crippen MR) is 98.6 cm³/mol. The van der Waals surface area contributed by atoms with E-state index in [2.05, 4.69) is 16.3 Å². The number of nitriles is 1. The number of nitrogens with zero attached hydrogens (tertiary/aromatic N) is 3. The summed E-state index contributed by atoms with van der Waals surface area (Å²) in [5.74, 6) is 0. The molecule has 2 aromatic rings. The minimum Gasteiger partial charge on any atom is -0.367 e. The van der Waals surface area contributed by atoms with E-state index in [1.165, 1.54) is 0 Å². The zero-order chi connectivity index (χ0) is 17.6. The van der Waals surface area contributed by atoms with Gasteiger partial charge >= 0.3 is 6.03 Å². The Labute approximate surface area is 152 Å². The lowest BCUT2D eigenvalue weighted by molar-refractivity contribution is 0.194. The highest BCUT2D eigenvalue weighted by Gasteiger charge is 2.22. The summed E-state index contributed by atoms with van der Waals surface area (Å²) in [4.78, 5) is 16.3. The number of hydrogen-bond acceptors (Lipinski definition) is 3. The van der Waals surface area contributed by atoms with Gasteiger partial charge in [-0.2, -0.15) is 5.26 Å². The molecule has 1 fully saturated rings. The van der Waals surface area contributed by atoms with Crippen molar-refractivity contribution in [2.75, 3.05) is 31.1 Å². The Morgan fingerprint density at radius 3 is 2.48 bits per heavy atom. The number of rotatable bonds is 3. The fourth-order valence-electron chi connectivity index (χ4n) is 2.92. The summed E-state index contributed by atoms with van der Waals surface area (Å²) in [5, 5.41) is 12.8. The van der Waals surface area contributed by atoms with Gasteiger partial charge < -0.3 is 15.1 Å². The normalized spacial score (nSPS) is 14.1. The van der Waals surface area contributed by atoms with E-state index in [1.807, 2.05) is 48.5 Å². The van der Waals surface area contributed by atoms with Crippen molar-refractivity contribution in [3.8, 4) is 6.07 Å². The SMILES string of the molecule is N#Cc1ccccc1N1CCN(C(=O)NCc2ccccc2Cl)CC1. The highest BCUT2D eigenvalue weighted by molar-refractivity contribution is 6.31. The number of anilines is 1. The average Bonchev–Trinajstić information content (AvgIpc) is 2.67. The zero-order valence-corrected chi connectivity index (χ0v) is 14.5. The summed E-state index contributed by atoms with van der Waals surface area (Å²) in [7, 11) is 0. The van der Waals surface area contributed by atoms with Crippen molar-refractivity contribution in [3.63, 3.8) is 0 Å². The summed E-state index contributed by atoms with van der Waals surface area (Å²) < 4.78 is 0. The summed E-state index contributed by atoms with van der Waals surface area (Å²) >= 11 is 6.11. The molecule has 1 aliphatic heterocycles. The Hall–Kier alpha value is -2.71. The molecule has 0 bridgehead atoms. The van der Waals surface area contributed by atoms with Crippen LogP contribution in [-0.4, -0.2) is 37.1 Å². The first kappa shape index (κ1) is 17.1. The van der Waals surface area contributed by atoms with Gasteiger partial charge in [0.25, 0.3) is 0 Å². The van der Waals surface area contributed by atoms with Gasteiger partial charge in [0.15, 0.2) is 0 Å². The van der Waals surface area contributed by atoms with Crippen molar-refractivity contribution in [2.24, 2.45) is 0 Å². The van der Waals surface area contributed by atoms with Crippen LogP contribution in [0.5, 0.6) is 0 Å². The number of urea groups is 1. The topological polar surface area (TPSA) is 59.4 Å². The van der Waals surface area contributed by atoms with E-state index in [0.29, 0.717) is 43.3 Å². The molecule has 1 N–H and O–H groups in total. The Balaban J connectivity index is 1.54. The molecule has 0 spiro atoms. The van der Waals surface area contributed by atoms with Gasteiger partial charge in [-0.3, -0.25) is 0 Å². The zero-order valence-electron chi connectivity index (χ0n) is 13.8. The van der Waals surface area contributed by atoms with Crippen molar-refractivity contribution >= 4 is 23.3 Å². The quantitative estimate of drug-likeness (QED) is 0.920. The molecule has 0 saturated carbocycles. The molecule has 6 heteroatoms. The molecule has 0 radical (unpaired) electrons. The number of carbonyl (C=O) groups excluding carboxylic acids is 1. The van der Waals surface area contributed by atoms with Crippen molar-refractivity contribution in [2.45, 2.75) is 6.54 Å². The third kappa shape index (κ3) is 4.04. The summed E-state index contributed by atoms with van der Waals surface area (Å²) in [6.07, 6.45) is 0. The van der Waals surface area contributed by atoms with Crippen LogP contribution in [-0.2, 0) is 6.54 Å². The molecule has 0 aromatic heterocycles. The van der Waals surface area contributed by atoms with E-state index >= 15 is 0 Å². The third-order valence-corrected chi connectivity index (χ3v) is 4.69. The van der Waals surface area contributed by atoms with Crippen molar-refractivity contribution in [1.82, 2.24) is 10.2 Å². The largest absolute Gasteiger partial charge is 0.367 e. The molecule has 5 nitrogen and oxygen atoms in total. The Kier molecular flexibility index (Phi) is 5.42. The van der Waals surface area contributed by atoms with Crippen molar-refractivity contribution in [3.05, 3.63) is 64.7 Å². The van der Waals surface area contributed by atoms with Gasteiger partial charge in [-0.1, -0.05) is 41.9 Å². The van der Waals surface area contributed by atoms with Gasteiger partial charge in [0.2, 0.25) is 0 Å². The second kappa shape index (κ2) is 7.91. The molecule has 128 valence electrons. The molecule has 2 aromatic carbocycles. The molecule has 0 atom stereocenters. The van der Waals surface area contributed by atoms with Crippen LogP contribution in [0.3, 0.4) is 0 Å². The van der Waals surface area contributed by atoms with E-state index in [1.54, 1.807) is 4.90 Å². The summed E-state index contributed by atoms with van der Waals surface area (Å²) in [6.45, 7) is 3.06. The molecular weight excluding hydrogens is 336 g/mol. The van der Waals surface area contributed by atoms with Gasteiger partial charge in [-0.15, -0.1) is 0 Å². The number of hydrogen-bond donors (Lipinski definition) is 1.